The molecule has 0 bridgehead atoms. The van der Waals surface area contributed by atoms with Crippen LogP contribution in [0.2, 0.25) is 0 Å². The third kappa shape index (κ3) is 5.97. The molecule has 0 saturated heterocycles. The number of hydrogen-bond donors (Lipinski definition) is 1. The summed E-state index contributed by atoms with van der Waals surface area (Å²) in [5.41, 5.74) is 1.09. The van der Waals surface area contributed by atoms with E-state index < -0.39 is 0 Å². The molecule has 0 aliphatic heterocycles. The van der Waals surface area contributed by atoms with E-state index in [4.69, 9.17) is 0 Å². The van der Waals surface area contributed by atoms with Gasteiger partial charge in [0.1, 0.15) is 0 Å². The number of rotatable bonds is 5. The van der Waals surface area contributed by atoms with Crippen molar-refractivity contribution in [2.75, 3.05) is 12.9 Å². The highest BCUT2D eigenvalue weighted by Gasteiger charge is 2.09. The molecule has 18 heavy (non-hydrogen) atoms. The first-order chi connectivity index (χ1) is 8.40. The number of methoxy groups -OCH3 is 1. The van der Waals surface area contributed by atoms with Crippen molar-refractivity contribution in [3.05, 3.63) is 18.0 Å². The molecule has 100 valence electrons. The summed E-state index contributed by atoms with van der Waals surface area (Å²) in [6.07, 6.45) is 3.54. The van der Waals surface area contributed by atoms with Crippen LogP contribution in [0.5, 0.6) is 0 Å². The van der Waals surface area contributed by atoms with Crippen LogP contribution in [0, 0.1) is 0 Å². The number of carbonyl (C=O) groups is 1. The maximum atomic E-state index is 11.0. The lowest BCUT2D eigenvalue weighted by molar-refractivity contribution is -0.137. The van der Waals surface area contributed by atoms with Gasteiger partial charge in [-0.2, -0.15) is 0 Å². The Balaban J connectivity index is 2.45. The minimum atomic E-state index is -0.276. The van der Waals surface area contributed by atoms with Crippen molar-refractivity contribution in [3.8, 4) is 0 Å². The van der Waals surface area contributed by atoms with E-state index in [-0.39, 0.29) is 17.3 Å². The summed E-state index contributed by atoms with van der Waals surface area (Å²) < 4.78 is 4.55. The molecule has 0 saturated carbocycles. The lowest BCUT2D eigenvalue weighted by Gasteiger charge is -2.20. The smallest absolute Gasteiger partial charge is 0.316 e. The fourth-order valence-corrected chi connectivity index (χ4v) is 1.68. The van der Waals surface area contributed by atoms with Crippen molar-refractivity contribution in [3.63, 3.8) is 0 Å². The predicted molar refractivity (Wildman–Crippen MR) is 71.4 cm³/mol. The van der Waals surface area contributed by atoms with Crippen molar-refractivity contribution in [2.45, 2.75) is 38.0 Å². The molecule has 0 aliphatic carbocycles. The summed E-state index contributed by atoms with van der Waals surface area (Å²) in [5.74, 6) is -0.0436. The molecule has 0 unspecified atom stereocenters. The van der Waals surface area contributed by atoms with Gasteiger partial charge in [0, 0.05) is 30.0 Å². The molecule has 5 nitrogen and oxygen atoms in total. The zero-order chi connectivity index (χ0) is 13.6. The van der Waals surface area contributed by atoms with Crippen molar-refractivity contribution in [2.24, 2.45) is 0 Å². The van der Waals surface area contributed by atoms with Gasteiger partial charge in [0.2, 0.25) is 0 Å². The summed E-state index contributed by atoms with van der Waals surface area (Å²) in [7, 11) is 1.37. The summed E-state index contributed by atoms with van der Waals surface area (Å²) in [4.78, 5) is 19.3. The second-order valence-corrected chi connectivity index (χ2v) is 5.78. The second-order valence-electron chi connectivity index (χ2n) is 4.84. The summed E-state index contributed by atoms with van der Waals surface area (Å²) in [6.45, 7) is 7.04. The predicted octanol–water partition coefficient (Wildman–Crippen LogP) is 1.63. The van der Waals surface area contributed by atoms with Gasteiger partial charge in [0.15, 0.2) is 5.16 Å². The fraction of sp³-hybridized carbons (Fsp3) is 0.583. The van der Waals surface area contributed by atoms with Gasteiger partial charge in [-0.3, -0.25) is 4.79 Å². The Morgan fingerprint density at radius 1 is 1.39 bits per heavy atom. The maximum Gasteiger partial charge on any atom is 0.316 e. The Hall–Kier alpha value is -1.14. The monoisotopic (exact) mass is 269 g/mol. The third-order valence-electron chi connectivity index (χ3n) is 2.05. The molecule has 0 aliphatic rings. The first kappa shape index (κ1) is 14.9. The number of thioether (sulfide) groups is 1. The van der Waals surface area contributed by atoms with Crippen molar-refractivity contribution in [1.29, 1.82) is 0 Å². The molecule has 1 rings (SSSR count). The highest BCUT2D eigenvalue weighted by atomic mass is 32.2. The molecule has 1 aromatic heterocycles. The molecule has 0 radical (unpaired) electrons. The van der Waals surface area contributed by atoms with Gasteiger partial charge in [0.05, 0.1) is 12.9 Å². The number of hydrogen-bond acceptors (Lipinski definition) is 6. The Morgan fingerprint density at radius 3 is 2.50 bits per heavy atom. The SMILES string of the molecule is COC(=O)CSc1ncc(CNC(C)(C)C)cn1. The van der Waals surface area contributed by atoms with Crippen LogP contribution >= 0.6 is 11.8 Å². The van der Waals surface area contributed by atoms with Crippen LogP contribution < -0.4 is 5.32 Å². The Labute approximate surface area is 112 Å². The standard InChI is InChI=1S/C12H19N3O2S/c1-12(2,3)15-7-9-5-13-11(14-6-9)18-8-10(16)17-4/h5-6,15H,7-8H2,1-4H3. The fourth-order valence-electron chi connectivity index (χ4n) is 1.06. The van der Waals surface area contributed by atoms with E-state index >= 15 is 0 Å². The van der Waals surface area contributed by atoms with E-state index in [9.17, 15) is 4.79 Å². The van der Waals surface area contributed by atoms with Crippen LogP contribution in [-0.4, -0.2) is 34.3 Å². The second kappa shape index (κ2) is 6.70. The maximum absolute atomic E-state index is 11.0. The molecule has 0 aromatic carbocycles. The van der Waals surface area contributed by atoms with Gasteiger partial charge >= 0.3 is 5.97 Å². The number of esters is 1. The minimum absolute atomic E-state index is 0.0678. The largest absolute Gasteiger partial charge is 0.468 e. The average Bonchev–Trinajstić information content (AvgIpc) is 2.33. The third-order valence-corrected chi connectivity index (χ3v) is 2.90. The highest BCUT2D eigenvalue weighted by Crippen LogP contribution is 2.12. The molecule has 0 atom stereocenters. The van der Waals surface area contributed by atoms with Crippen LogP contribution in [0.15, 0.2) is 17.6 Å². The van der Waals surface area contributed by atoms with Gasteiger partial charge in [-0.05, 0) is 20.8 Å². The molecule has 1 aromatic rings. The lowest BCUT2D eigenvalue weighted by Crippen LogP contribution is -2.35. The van der Waals surface area contributed by atoms with E-state index in [1.807, 2.05) is 0 Å². The van der Waals surface area contributed by atoms with Gasteiger partial charge in [0.25, 0.3) is 0 Å². The van der Waals surface area contributed by atoms with E-state index in [1.165, 1.54) is 18.9 Å². The Morgan fingerprint density at radius 2 is 2.00 bits per heavy atom. The molecule has 0 fully saturated rings. The topological polar surface area (TPSA) is 64.1 Å². The van der Waals surface area contributed by atoms with Crippen molar-refractivity contribution < 1.29 is 9.53 Å². The van der Waals surface area contributed by atoms with Crippen LogP contribution in [0.25, 0.3) is 0 Å². The van der Waals surface area contributed by atoms with Crippen LogP contribution in [0.4, 0.5) is 0 Å². The molecule has 0 amide bonds. The van der Waals surface area contributed by atoms with E-state index in [0.717, 1.165) is 12.1 Å². The minimum Gasteiger partial charge on any atom is -0.468 e. The van der Waals surface area contributed by atoms with Crippen LogP contribution in [-0.2, 0) is 16.1 Å². The van der Waals surface area contributed by atoms with E-state index in [0.29, 0.717) is 5.16 Å². The van der Waals surface area contributed by atoms with Crippen molar-refractivity contribution in [1.82, 2.24) is 15.3 Å². The van der Waals surface area contributed by atoms with Gasteiger partial charge < -0.3 is 10.1 Å². The quantitative estimate of drug-likeness (QED) is 0.498. The number of nitrogens with one attached hydrogen (secondary N) is 1. The lowest BCUT2D eigenvalue weighted by atomic mass is 10.1. The first-order valence-corrected chi connectivity index (χ1v) is 6.65. The first-order valence-electron chi connectivity index (χ1n) is 5.66. The van der Waals surface area contributed by atoms with Crippen LogP contribution in [0.1, 0.15) is 26.3 Å². The number of nitrogens with zero attached hydrogens (tertiary/aromatic N) is 2. The molecule has 6 heteroatoms. The average molecular weight is 269 g/mol. The molecule has 1 heterocycles. The number of carbonyl (C=O) groups excluding carboxylic acids is 1. The molecule has 0 spiro atoms. The number of ether oxygens (including phenoxy) is 1. The Kier molecular flexibility index (Phi) is 5.55. The summed E-state index contributed by atoms with van der Waals surface area (Å²) in [6, 6.07) is 0. The molecular weight excluding hydrogens is 250 g/mol. The normalized spacial score (nSPS) is 11.3. The number of aromatic nitrogens is 2. The van der Waals surface area contributed by atoms with Crippen molar-refractivity contribution >= 4 is 17.7 Å². The van der Waals surface area contributed by atoms with Gasteiger partial charge in [-0.15, -0.1) is 0 Å². The van der Waals surface area contributed by atoms with Gasteiger partial charge in [-0.1, -0.05) is 11.8 Å². The zero-order valence-corrected chi connectivity index (χ0v) is 12.0. The summed E-state index contributed by atoms with van der Waals surface area (Å²) >= 11 is 1.27. The van der Waals surface area contributed by atoms with E-state index in [2.05, 4.69) is 40.8 Å². The highest BCUT2D eigenvalue weighted by molar-refractivity contribution is 7.99. The molecule has 1 N–H and O–H groups in total. The molecular formula is C12H19N3O2S. The van der Waals surface area contributed by atoms with Crippen LogP contribution in [0.3, 0.4) is 0 Å². The van der Waals surface area contributed by atoms with E-state index in [1.54, 1.807) is 12.4 Å². The summed E-state index contributed by atoms with van der Waals surface area (Å²) in [5, 5.41) is 3.94. The zero-order valence-electron chi connectivity index (χ0n) is 11.2. The Bertz CT molecular complexity index is 387. The van der Waals surface area contributed by atoms with Gasteiger partial charge in [-0.25, -0.2) is 9.97 Å².